The molecule has 0 unspecified atom stereocenters. The summed E-state index contributed by atoms with van der Waals surface area (Å²) >= 11 is 0. The average Bonchev–Trinajstić information content (AvgIpc) is 3.17. The molecule has 2 aromatic carbocycles. The van der Waals surface area contributed by atoms with Gasteiger partial charge in [0.25, 0.3) is 6.01 Å². The Hall–Kier alpha value is -2.99. The van der Waals surface area contributed by atoms with Crippen molar-refractivity contribution in [1.29, 1.82) is 0 Å². The molecule has 6 nitrogen and oxygen atoms in total. The Morgan fingerprint density at radius 3 is 2.78 bits per heavy atom. The van der Waals surface area contributed by atoms with Crippen LogP contribution in [0.1, 0.15) is 5.56 Å². The predicted molar refractivity (Wildman–Crippen MR) is 108 cm³/mol. The number of oxazole rings is 1. The molecular weight excluding hydrogens is 340 g/mol. The Bertz CT molecular complexity index is 916. The number of piperazine rings is 1. The van der Waals surface area contributed by atoms with E-state index in [1.165, 1.54) is 11.3 Å². The lowest BCUT2D eigenvalue weighted by molar-refractivity contribution is 0.415. The van der Waals surface area contributed by atoms with Crippen LogP contribution in [0.5, 0.6) is 5.75 Å². The molecule has 1 aliphatic rings. The zero-order valence-corrected chi connectivity index (χ0v) is 15.7. The maximum absolute atomic E-state index is 5.86. The Labute approximate surface area is 159 Å². The zero-order valence-electron chi connectivity index (χ0n) is 15.7. The smallest absolute Gasteiger partial charge is 0.299 e. The molecule has 0 aliphatic carbocycles. The van der Waals surface area contributed by atoms with Crippen LogP contribution in [0.4, 0.5) is 17.4 Å². The summed E-state index contributed by atoms with van der Waals surface area (Å²) in [5.74, 6) is 1.49. The summed E-state index contributed by atoms with van der Waals surface area (Å²) in [5.41, 5.74) is 4.42. The van der Waals surface area contributed by atoms with E-state index in [0.717, 1.165) is 43.2 Å². The first-order valence-electron chi connectivity index (χ1n) is 9.16. The Morgan fingerprint density at radius 1 is 1.15 bits per heavy atom. The number of nitrogens with zero attached hydrogens (tertiary/aromatic N) is 2. The molecule has 0 bridgehead atoms. The molecule has 1 saturated heterocycles. The van der Waals surface area contributed by atoms with Crippen LogP contribution >= 0.6 is 0 Å². The number of ether oxygens (including phenoxy) is 1. The van der Waals surface area contributed by atoms with Gasteiger partial charge in [-0.3, -0.25) is 0 Å². The highest BCUT2D eigenvalue weighted by molar-refractivity contribution is 5.65. The second-order valence-corrected chi connectivity index (χ2v) is 6.62. The summed E-state index contributed by atoms with van der Waals surface area (Å²) in [6.45, 7) is 6.28. The highest BCUT2D eigenvalue weighted by Crippen LogP contribution is 2.29. The second-order valence-electron chi connectivity index (χ2n) is 6.62. The molecule has 2 heterocycles. The number of aromatic nitrogens is 1. The Morgan fingerprint density at radius 2 is 2.00 bits per heavy atom. The van der Waals surface area contributed by atoms with E-state index in [4.69, 9.17) is 9.15 Å². The Kier molecular flexibility index (Phi) is 4.98. The van der Waals surface area contributed by atoms with E-state index in [1.54, 1.807) is 13.3 Å². The van der Waals surface area contributed by atoms with Crippen molar-refractivity contribution in [3.05, 3.63) is 54.2 Å². The minimum atomic E-state index is 0.474. The highest BCUT2D eigenvalue weighted by atomic mass is 16.5. The first-order chi connectivity index (χ1) is 13.2. The van der Waals surface area contributed by atoms with E-state index in [-0.39, 0.29) is 0 Å². The first kappa shape index (κ1) is 17.4. The van der Waals surface area contributed by atoms with Crippen LogP contribution in [0.3, 0.4) is 0 Å². The summed E-state index contributed by atoms with van der Waals surface area (Å²) in [5, 5.41) is 6.64. The third-order valence-electron chi connectivity index (χ3n) is 4.77. The molecule has 1 aromatic heterocycles. The third kappa shape index (κ3) is 3.90. The minimum Gasteiger partial charge on any atom is -0.497 e. The highest BCUT2D eigenvalue weighted by Gasteiger charge is 2.13. The molecule has 140 valence electrons. The van der Waals surface area contributed by atoms with Crippen LogP contribution in [-0.4, -0.2) is 38.3 Å². The number of aryl methyl sites for hydroxylation is 1. The first-order valence-corrected chi connectivity index (χ1v) is 9.16. The minimum absolute atomic E-state index is 0.474. The number of anilines is 3. The van der Waals surface area contributed by atoms with Gasteiger partial charge in [0.15, 0.2) is 5.76 Å². The largest absolute Gasteiger partial charge is 0.497 e. The molecule has 27 heavy (non-hydrogen) atoms. The fraction of sp³-hybridized carbons (Fsp3) is 0.286. The summed E-state index contributed by atoms with van der Waals surface area (Å²) in [7, 11) is 1.65. The number of benzene rings is 2. The van der Waals surface area contributed by atoms with Gasteiger partial charge in [0, 0.05) is 43.1 Å². The maximum Gasteiger partial charge on any atom is 0.299 e. The monoisotopic (exact) mass is 364 g/mol. The third-order valence-corrected chi connectivity index (χ3v) is 4.77. The van der Waals surface area contributed by atoms with E-state index in [1.807, 2.05) is 24.3 Å². The van der Waals surface area contributed by atoms with Gasteiger partial charge in [-0.1, -0.05) is 12.1 Å². The van der Waals surface area contributed by atoms with Gasteiger partial charge >= 0.3 is 0 Å². The van der Waals surface area contributed by atoms with Crippen molar-refractivity contribution < 1.29 is 9.15 Å². The van der Waals surface area contributed by atoms with Crippen LogP contribution in [0.25, 0.3) is 11.3 Å². The molecule has 0 atom stereocenters. The fourth-order valence-corrected chi connectivity index (χ4v) is 3.36. The van der Waals surface area contributed by atoms with Crippen molar-refractivity contribution in [2.75, 3.05) is 43.5 Å². The SMILES string of the molecule is COc1cccc(-c2cnc(Nc3ccc(N4CCNCC4)c(C)c3)o2)c1. The van der Waals surface area contributed by atoms with Gasteiger partial charge < -0.3 is 24.7 Å². The molecule has 2 N–H and O–H groups in total. The molecule has 1 fully saturated rings. The number of nitrogens with one attached hydrogen (secondary N) is 2. The average molecular weight is 364 g/mol. The van der Waals surface area contributed by atoms with Crippen LogP contribution in [-0.2, 0) is 0 Å². The van der Waals surface area contributed by atoms with E-state index in [9.17, 15) is 0 Å². The lowest BCUT2D eigenvalue weighted by atomic mass is 10.1. The number of hydrogen-bond acceptors (Lipinski definition) is 6. The Balaban J connectivity index is 1.49. The molecular formula is C21H24N4O2. The quantitative estimate of drug-likeness (QED) is 0.718. The lowest BCUT2D eigenvalue weighted by Gasteiger charge is -2.30. The molecule has 4 rings (SSSR count). The molecule has 0 spiro atoms. The van der Waals surface area contributed by atoms with Gasteiger partial charge in [0.05, 0.1) is 13.3 Å². The van der Waals surface area contributed by atoms with E-state index in [2.05, 4.69) is 45.6 Å². The van der Waals surface area contributed by atoms with Crippen molar-refractivity contribution >= 4 is 17.4 Å². The van der Waals surface area contributed by atoms with Gasteiger partial charge in [0.1, 0.15) is 5.75 Å². The van der Waals surface area contributed by atoms with Gasteiger partial charge in [-0.15, -0.1) is 0 Å². The van der Waals surface area contributed by atoms with Gasteiger partial charge in [0.2, 0.25) is 0 Å². The van der Waals surface area contributed by atoms with Crippen molar-refractivity contribution in [2.24, 2.45) is 0 Å². The van der Waals surface area contributed by atoms with E-state index < -0.39 is 0 Å². The summed E-state index contributed by atoms with van der Waals surface area (Å²) in [4.78, 5) is 6.77. The number of hydrogen-bond donors (Lipinski definition) is 2. The fourth-order valence-electron chi connectivity index (χ4n) is 3.36. The summed E-state index contributed by atoms with van der Waals surface area (Å²) in [6, 6.07) is 14.6. The molecule has 0 saturated carbocycles. The van der Waals surface area contributed by atoms with Crippen LogP contribution in [0.2, 0.25) is 0 Å². The summed E-state index contributed by atoms with van der Waals surface area (Å²) in [6.07, 6.45) is 1.72. The molecule has 0 amide bonds. The van der Waals surface area contributed by atoms with Gasteiger partial charge in [-0.05, 0) is 42.8 Å². The normalized spacial score (nSPS) is 14.2. The van der Waals surface area contributed by atoms with Crippen molar-refractivity contribution in [1.82, 2.24) is 10.3 Å². The van der Waals surface area contributed by atoms with Gasteiger partial charge in [-0.2, -0.15) is 0 Å². The lowest BCUT2D eigenvalue weighted by Crippen LogP contribution is -2.43. The standard InChI is InChI=1S/C21H24N4O2/c1-15-12-17(6-7-19(15)25-10-8-22-9-11-25)24-21-23-14-20(27-21)16-4-3-5-18(13-16)26-2/h3-7,12-14,22H,8-11H2,1-2H3,(H,23,24). The van der Waals surface area contributed by atoms with E-state index in [0.29, 0.717) is 11.8 Å². The van der Waals surface area contributed by atoms with Crippen LogP contribution in [0.15, 0.2) is 53.1 Å². The maximum atomic E-state index is 5.86. The van der Waals surface area contributed by atoms with Crippen molar-refractivity contribution in [3.63, 3.8) is 0 Å². The molecule has 0 radical (unpaired) electrons. The van der Waals surface area contributed by atoms with Gasteiger partial charge in [-0.25, -0.2) is 4.98 Å². The molecule has 1 aliphatic heterocycles. The van der Waals surface area contributed by atoms with Crippen molar-refractivity contribution in [3.8, 4) is 17.1 Å². The zero-order chi connectivity index (χ0) is 18.6. The van der Waals surface area contributed by atoms with E-state index >= 15 is 0 Å². The van der Waals surface area contributed by atoms with Crippen LogP contribution in [0, 0.1) is 6.92 Å². The van der Waals surface area contributed by atoms with Crippen molar-refractivity contribution in [2.45, 2.75) is 6.92 Å². The van der Waals surface area contributed by atoms with Crippen LogP contribution < -0.4 is 20.3 Å². The molecule has 6 heteroatoms. The number of rotatable bonds is 5. The summed E-state index contributed by atoms with van der Waals surface area (Å²) < 4.78 is 11.1. The second kappa shape index (κ2) is 7.72. The predicted octanol–water partition coefficient (Wildman–Crippen LogP) is 3.81. The molecule has 3 aromatic rings. The topological polar surface area (TPSA) is 62.6 Å². The number of methoxy groups -OCH3 is 1.